The molecule has 1 aromatic heterocycles. The Bertz CT molecular complexity index is 484. The summed E-state index contributed by atoms with van der Waals surface area (Å²) in [5.41, 5.74) is 0. The fraction of sp³-hybridized carbons (Fsp3) is 0.545. The number of nitrogens with zero attached hydrogens (tertiary/aromatic N) is 2. The molecule has 1 unspecified atom stereocenters. The quantitative estimate of drug-likeness (QED) is 0.751. The van der Waals surface area contributed by atoms with Crippen LogP contribution in [0, 0.1) is 5.92 Å². The van der Waals surface area contributed by atoms with Crippen LogP contribution in [-0.2, 0) is 6.54 Å². The van der Waals surface area contributed by atoms with Gasteiger partial charge in [0, 0.05) is 6.54 Å². The summed E-state index contributed by atoms with van der Waals surface area (Å²) in [6, 6.07) is 0. The summed E-state index contributed by atoms with van der Waals surface area (Å²) in [7, 11) is 0. The highest BCUT2D eigenvalue weighted by molar-refractivity contribution is 5.37. The second-order valence-corrected chi connectivity index (χ2v) is 3.96. The lowest BCUT2D eigenvalue weighted by molar-refractivity contribution is -0.155. The molecule has 2 rings (SSSR count). The van der Waals surface area contributed by atoms with E-state index in [1.807, 2.05) is 6.92 Å². The Kier molecular flexibility index (Phi) is 2.78. The average molecular weight is 230 g/mol. The highest BCUT2D eigenvalue weighted by atomic mass is 19.4. The Hall–Kier alpha value is -1.26. The van der Waals surface area contributed by atoms with E-state index >= 15 is 0 Å². The summed E-state index contributed by atoms with van der Waals surface area (Å²) in [5, 5.41) is 1.28. The molecule has 0 fully saturated rings. The molecule has 0 saturated heterocycles. The molecule has 0 N–H and O–H groups in total. The molecule has 5 heteroatoms. The van der Waals surface area contributed by atoms with Crippen LogP contribution in [-0.4, -0.2) is 15.7 Å². The minimum absolute atomic E-state index is 0.000359. The van der Waals surface area contributed by atoms with E-state index in [1.54, 1.807) is 17.0 Å². The molecule has 0 radical (unpaired) electrons. The van der Waals surface area contributed by atoms with Gasteiger partial charge in [-0.2, -0.15) is 13.2 Å². The molecule has 0 amide bonds. The van der Waals surface area contributed by atoms with E-state index in [1.165, 1.54) is 6.08 Å². The molecule has 88 valence electrons. The van der Waals surface area contributed by atoms with Crippen molar-refractivity contribution in [1.82, 2.24) is 9.55 Å². The number of halogens is 3. The van der Waals surface area contributed by atoms with E-state index in [0.29, 0.717) is 17.2 Å². The topological polar surface area (TPSA) is 17.8 Å². The highest BCUT2D eigenvalue weighted by Crippen LogP contribution is 2.30. The minimum atomic E-state index is -4.16. The first-order valence-corrected chi connectivity index (χ1v) is 5.32. The fourth-order valence-corrected chi connectivity index (χ4v) is 1.89. The number of imidazole rings is 1. The van der Waals surface area contributed by atoms with Crippen LogP contribution in [0.4, 0.5) is 13.2 Å². The molecule has 0 aromatic carbocycles. The molecule has 2 nitrogen and oxygen atoms in total. The molecule has 1 aliphatic carbocycles. The van der Waals surface area contributed by atoms with E-state index in [2.05, 4.69) is 4.98 Å². The summed E-state index contributed by atoms with van der Waals surface area (Å²) in [6.45, 7) is 2.69. The first kappa shape index (κ1) is 11.2. The predicted octanol–water partition coefficient (Wildman–Crippen LogP) is 1.44. The van der Waals surface area contributed by atoms with Gasteiger partial charge in [0.25, 0.3) is 0 Å². The fourth-order valence-electron chi connectivity index (χ4n) is 1.89. The van der Waals surface area contributed by atoms with Gasteiger partial charge in [-0.3, -0.25) is 0 Å². The summed E-state index contributed by atoms with van der Waals surface area (Å²) in [6.07, 6.45) is 1.19. The Morgan fingerprint density at radius 2 is 2.25 bits per heavy atom. The number of alkyl halides is 3. The van der Waals surface area contributed by atoms with Crippen LogP contribution in [0.5, 0.6) is 0 Å². The largest absolute Gasteiger partial charge is 0.395 e. The lowest BCUT2D eigenvalue weighted by atomic mass is 10.0. The SMILES string of the molecule is CCCn1cnc2c1=CC(C(F)(F)F)CC=2. The zero-order valence-electron chi connectivity index (χ0n) is 8.96. The van der Waals surface area contributed by atoms with Crippen LogP contribution < -0.4 is 10.7 Å². The van der Waals surface area contributed by atoms with Crippen LogP contribution in [0.2, 0.25) is 0 Å². The second kappa shape index (κ2) is 3.96. The molecule has 0 spiro atoms. The molecule has 0 bridgehead atoms. The van der Waals surface area contributed by atoms with Crippen LogP contribution in [0.3, 0.4) is 0 Å². The lowest BCUT2D eigenvalue weighted by Crippen LogP contribution is -2.37. The predicted molar refractivity (Wildman–Crippen MR) is 54.9 cm³/mol. The van der Waals surface area contributed by atoms with Crippen molar-refractivity contribution in [3.63, 3.8) is 0 Å². The minimum Gasteiger partial charge on any atom is -0.331 e. The van der Waals surface area contributed by atoms with Gasteiger partial charge in [0.1, 0.15) is 0 Å². The second-order valence-electron chi connectivity index (χ2n) is 3.96. The monoisotopic (exact) mass is 230 g/mol. The van der Waals surface area contributed by atoms with E-state index in [-0.39, 0.29) is 6.42 Å². The van der Waals surface area contributed by atoms with Gasteiger partial charge in [-0.05, 0) is 18.9 Å². The Morgan fingerprint density at radius 1 is 1.50 bits per heavy atom. The van der Waals surface area contributed by atoms with Crippen molar-refractivity contribution in [3.8, 4) is 0 Å². The van der Waals surface area contributed by atoms with Crippen molar-refractivity contribution in [2.24, 2.45) is 5.92 Å². The summed E-state index contributed by atoms with van der Waals surface area (Å²) >= 11 is 0. The van der Waals surface area contributed by atoms with Crippen LogP contribution in [0.15, 0.2) is 6.33 Å². The van der Waals surface area contributed by atoms with Crippen LogP contribution in [0.25, 0.3) is 12.2 Å². The Morgan fingerprint density at radius 3 is 2.88 bits per heavy atom. The standard InChI is InChI=1S/C11H13F3N2/c1-2-5-16-7-15-9-4-3-8(6-10(9)16)11(12,13)14/h4,6-8H,2-3,5H2,1H3. The van der Waals surface area contributed by atoms with E-state index in [9.17, 15) is 13.2 Å². The Labute approximate surface area is 91.1 Å². The summed E-state index contributed by atoms with van der Waals surface area (Å²) in [4.78, 5) is 4.10. The van der Waals surface area contributed by atoms with Crippen molar-refractivity contribution in [3.05, 3.63) is 17.0 Å². The van der Waals surface area contributed by atoms with Crippen molar-refractivity contribution in [2.45, 2.75) is 32.5 Å². The van der Waals surface area contributed by atoms with Crippen LogP contribution in [0.1, 0.15) is 19.8 Å². The highest BCUT2D eigenvalue weighted by Gasteiger charge is 2.38. The molecular formula is C11H13F3N2. The van der Waals surface area contributed by atoms with Gasteiger partial charge in [-0.25, -0.2) is 4.98 Å². The van der Waals surface area contributed by atoms with Crippen molar-refractivity contribution >= 4 is 12.2 Å². The third kappa shape index (κ3) is 1.99. The van der Waals surface area contributed by atoms with Gasteiger partial charge in [-0.15, -0.1) is 0 Å². The van der Waals surface area contributed by atoms with Crippen molar-refractivity contribution in [1.29, 1.82) is 0 Å². The number of hydrogen-bond acceptors (Lipinski definition) is 1. The van der Waals surface area contributed by atoms with Gasteiger partial charge in [0.15, 0.2) is 0 Å². The average Bonchev–Trinajstić information content (AvgIpc) is 2.60. The van der Waals surface area contributed by atoms with Gasteiger partial charge in [0.2, 0.25) is 0 Å². The van der Waals surface area contributed by atoms with Gasteiger partial charge < -0.3 is 4.57 Å². The van der Waals surface area contributed by atoms with Crippen LogP contribution >= 0.6 is 0 Å². The number of hydrogen-bond donors (Lipinski definition) is 0. The van der Waals surface area contributed by atoms with E-state index in [0.717, 1.165) is 6.42 Å². The van der Waals surface area contributed by atoms with Gasteiger partial charge in [-0.1, -0.05) is 13.0 Å². The van der Waals surface area contributed by atoms with Gasteiger partial charge >= 0.3 is 6.18 Å². The molecule has 0 aliphatic heterocycles. The maximum Gasteiger partial charge on any atom is 0.395 e. The molecule has 1 aliphatic rings. The molecule has 0 saturated carbocycles. The molecule has 16 heavy (non-hydrogen) atoms. The smallest absolute Gasteiger partial charge is 0.331 e. The first-order chi connectivity index (χ1) is 7.52. The molecule has 1 aromatic rings. The molecule has 1 atom stereocenters. The molecule has 1 heterocycles. The zero-order valence-corrected chi connectivity index (χ0v) is 8.96. The maximum absolute atomic E-state index is 12.6. The molecular weight excluding hydrogens is 217 g/mol. The number of aryl methyl sites for hydroxylation is 1. The summed E-state index contributed by atoms with van der Waals surface area (Å²) in [5.74, 6) is -1.37. The van der Waals surface area contributed by atoms with E-state index in [4.69, 9.17) is 0 Å². The lowest BCUT2D eigenvalue weighted by Gasteiger charge is -2.16. The number of rotatable bonds is 2. The normalized spacial score (nSPS) is 19.9. The zero-order chi connectivity index (χ0) is 11.8. The summed E-state index contributed by atoms with van der Waals surface area (Å²) < 4.78 is 39.5. The number of aromatic nitrogens is 2. The maximum atomic E-state index is 12.6. The third-order valence-electron chi connectivity index (χ3n) is 2.72. The Balaban J connectivity index is 2.44. The van der Waals surface area contributed by atoms with Crippen molar-refractivity contribution in [2.75, 3.05) is 0 Å². The van der Waals surface area contributed by atoms with E-state index < -0.39 is 12.1 Å². The third-order valence-corrected chi connectivity index (χ3v) is 2.72. The van der Waals surface area contributed by atoms with Crippen molar-refractivity contribution < 1.29 is 13.2 Å². The number of fused-ring (bicyclic) bond motifs is 1. The van der Waals surface area contributed by atoms with Gasteiger partial charge in [0.05, 0.1) is 22.9 Å². The first-order valence-electron chi connectivity index (χ1n) is 5.32.